The van der Waals surface area contributed by atoms with Gasteiger partial charge in [-0.15, -0.1) is 11.3 Å². The van der Waals surface area contributed by atoms with Crippen LogP contribution in [0.4, 0.5) is 15.9 Å². The molecule has 236 valence electrons. The molecule has 2 fully saturated rings. The van der Waals surface area contributed by atoms with Crippen LogP contribution in [-0.4, -0.2) is 85.4 Å². The molecule has 0 bridgehead atoms. The Hall–Kier alpha value is -4.75. The largest absolute Gasteiger partial charge is 0.397 e. The van der Waals surface area contributed by atoms with Crippen LogP contribution in [0.15, 0.2) is 67.3 Å². The van der Waals surface area contributed by atoms with Gasteiger partial charge < -0.3 is 10.6 Å². The number of nitrogens with one attached hydrogen (secondary N) is 1. The van der Waals surface area contributed by atoms with Crippen molar-refractivity contribution in [2.45, 2.75) is 19.3 Å². The summed E-state index contributed by atoms with van der Waals surface area (Å²) in [6, 6.07) is 9.08. The van der Waals surface area contributed by atoms with Crippen LogP contribution in [0.1, 0.15) is 35.5 Å². The van der Waals surface area contributed by atoms with Crippen molar-refractivity contribution in [3.8, 4) is 10.7 Å². The van der Waals surface area contributed by atoms with Crippen LogP contribution in [0.5, 0.6) is 0 Å². The topological polar surface area (TPSA) is 133 Å². The molecule has 46 heavy (non-hydrogen) atoms. The van der Waals surface area contributed by atoms with Gasteiger partial charge in [0.1, 0.15) is 28.7 Å². The molecule has 1 amide bonds. The lowest BCUT2D eigenvalue weighted by Crippen LogP contribution is -2.39. The van der Waals surface area contributed by atoms with Crippen LogP contribution in [0.25, 0.3) is 16.3 Å². The van der Waals surface area contributed by atoms with E-state index in [1.54, 1.807) is 39.4 Å². The molecule has 6 heterocycles. The highest BCUT2D eigenvalue weighted by atomic mass is 32.1. The molecule has 3 aliphatic heterocycles. The summed E-state index contributed by atoms with van der Waals surface area (Å²) >= 11 is 1.62. The van der Waals surface area contributed by atoms with Crippen LogP contribution in [0, 0.1) is 16.6 Å². The molecule has 3 aromatic heterocycles. The molecule has 0 aliphatic carbocycles. The van der Waals surface area contributed by atoms with Crippen molar-refractivity contribution in [1.82, 2.24) is 34.5 Å². The van der Waals surface area contributed by atoms with Gasteiger partial charge in [-0.2, -0.15) is 5.10 Å². The smallest absolute Gasteiger partial charge is 0.235 e. The zero-order valence-corrected chi connectivity index (χ0v) is 26.4. The van der Waals surface area contributed by atoms with E-state index in [0.717, 1.165) is 54.5 Å². The third kappa shape index (κ3) is 5.60. The summed E-state index contributed by atoms with van der Waals surface area (Å²) in [6.07, 6.45) is 8.18. The summed E-state index contributed by atoms with van der Waals surface area (Å²) in [6.45, 7) is 8.82. The van der Waals surface area contributed by atoms with E-state index in [-0.39, 0.29) is 23.1 Å². The predicted molar refractivity (Wildman–Crippen MR) is 177 cm³/mol. The first-order valence-corrected chi connectivity index (χ1v) is 16.1. The number of pyridine rings is 1. The first-order valence-electron chi connectivity index (χ1n) is 15.3. The van der Waals surface area contributed by atoms with Gasteiger partial charge in [-0.1, -0.05) is 12.7 Å². The number of nitrogen functional groups attached to an aromatic ring is 1. The first-order chi connectivity index (χ1) is 22.2. The van der Waals surface area contributed by atoms with E-state index < -0.39 is 5.41 Å². The minimum Gasteiger partial charge on any atom is -0.397 e. The number of rotatable bonds is 8. The second kappa shape index (κ2) is 11.9. The monoisotopic (exact) mass is 638 g/mol. The Bertz CT molecular complexity index is 1860. The summed E-state index contributed by atoms with van der Waals surface area (Å²) in [5.74, 6) is 0.865. The molecule has 13 heteroatoms. The van der Waals surface area contributed by atoms with Gasteiger partial charge >= 0.3 is 0 Å². The molecule has 7 rings (SSSR count). The van der Waals surface area contributed by atoms with E-state index in [1.807, 2.05) is 13.2 Å². The van der Waals surface area contributed by atoms with Gasteiger partial charge in [-0.3, -0.25) is 24.7 Å². The van der Waals surface area contributed by atoms with Crippen molar-refractivity contribution in [3.63, 3.8) is 0 Å². The second-order valence-corrected chi connectivity index (χ2v) is 13.2. The van der Waals surface area contributed by atoms with Gasteiger partial charge in [-0.05, 0) is 67.8 Å². The predicted octanol–water partition coefficient (Wildman–Crippen LogP) is 4.20. The fourth-order valence-electron chi connectivity index (χ4n) is 6.56. The maximum absolute atomic E-state index is 13.9. The molecule has 11 nitrogen and oxygen atoms in total. The highest BCUT2D eigenvalue weighted by molar-refractivity contribution is 7.16. The number of halogens is 1. The van der Waals surface area contributed by atoms with E-state index in [0.29, 0.717) is 42.5 Å². The number of nitrogens with zero attached hydrogens (tertiary/aromatic N) is 8. The number of likely N-dealkylation sites (tertiary alicyclic amines) is 1. The molecule has 0 radical (unpaired) electrons. The van der Waals surface area contributed by atoms with Crippen molar-refractivity contribution >= 4 is 40.0 Å². The van der Waals surface area contributed by atoms with Gasteiger partial charge in [-0.25, -0.2) is 19.3 Å². The maximum Gasteiger partial charge on any atom is 0.235 e. The van der Waals surface area contributed by atoms with Gasteiger partial charge in [0.05, 0.1) is 21.7 Å². The number of anilines is 2. The van der Waals surface area contributed by atoms with Gasteiger partial charge in [0, 0.05) is 57.2 Å². The zero-order chi connectivity index (χ0) is 32.0. The number of hydrogen-bond donors (Lipinski definition) is 2. The summed E-state index contributed by atoms with van der Waals surface area (Å²) in [4.78, 5) is 34.8. The number of carbonyl (C=O) groups is 1. The van der Waals surface area contributed by atoms with Crippen molar-refractivity contribution in [3.05, 3.63) is 89.4 Å². The SMILES string of the molecule is C=C(CN1CC[C@]2(CCN(c3ccc(N)c(C(=N)c4ccc(F)cc4)n3)C2=O)C1)N1CC=C(c2ncc(-c3ncn(C)n3)s2)CC1. The lowest BCUT2D eigenvalue weighted by molar-refractivity contribution is -0.125. The lowest BCUT2D eigenvalue weighted by atomic mass is 9.85. The minimum atomic E-state index is -0.464. The molecule has 1 atom stereocenters. The normalized spacial score (nSPS) is 20.1. The van der Waals surface area contributed by atoms with E-state index >= 15 is 0 Å². The Morgan fingerprint density at radius 3 is 2.67 bits per heavy atom. The third-order valence-corrected chi connectivity index (χ3v) is 10.2. The standard InChI is InChI=1S/C33H35FN10OS/c1-21(43-13-9-23(10-14-43)31-37-17-26(46-31)30-38-20-41(2)40-30)18-42-15-11-33(19-42)12-16-44(32(33)45)27-8-7-25(35)29(39-27)28(36)22-3-5-24(34)6-4-22/h3-9,17,20,36H,1,10-16,18-19,35H2,2H3/t33-/m0/s1. The van der Waals surface area contributed by atoms with Crippen LogP contribution >= 0.6 is 11.3 Å². The second-order valence-electron chi connectivity index (χ2n) is 12.2. The number of benzene rings is 1. The van der Waals surface area contributed by atoms with Crippen molar-refractivity contribution in [1.29, 1.82) is 5.41 Å². The molecule has 0 unspecified atom stereocenters. The molecular weight excluding hydrogens is 603 g/mol. The Morgan fingerprint density at radius 2 is 1.93 bits per heavy atom. The van der Waals surface area contributed by atoms with E-state index in [9.17, 15) is 9.18 Å². The molecular formula is C33H35FN10OS. The number of amides is 1. The summed E-state index contributed by atoms with van der Waals surface area (Å²) in [5, 5.41) is 14.0. The molecule has 2 saturated heterocycles. The Kier molecular flexibility index (Phi) is 7.73. The molecule has 0 saturated carbocycles. The van der Waals surface area contributed by atoms with Crippen LogP contribution in [-0.2, 0) is 11.8 Å². The summed E-state index contributed by atoms with van der Waals surface area (Å²) < 4.78 is 15.1. The third-order valence-electron chi connectivity index (χ3n) is 9.17. The molecule has 4 aromatic rings. The zero-order valence-electron chi connectivity index (χ0n) is 25.6. The van der Waals surface area contributed by atoms with Gasteiger partial charge in [0.2, 0.25) is 5.91 Å². The fraction of sp³-hybridized carbons (Fsp3) is 0.333. The van der Waals surface area contributed by atoms with E-state index in [4.69, 9.17) is 11.1 Å². The molecule has 3 aliphatic rings. The average Bonchev–Trinajstić information content (AvgIpc) is 3.87. The van der Waals surface area contributed by atoms with Crippen LogP contribution in [0.2, 0.25) is 0 Å². The van der Waals surface area contributed by atoms with E-state index in [2.05, 4.69) is 42.5 Å². The average molecular weight is 639 g/mol. The fourth-order valence-corrected chi connectivity index (χ4v) is 7.48. The Morgan fingerprint density at radius 1 is 1.13 bits per heavy atom. The summed E-state index contributed by atoms with van der Waals surface area (Å²) in [7, 11) is 1.85. The number of carbonyl (C=O) groups excluding carboxylic acids is 1. The highest BCUT2D eigenvalue weighted by Gasteiger charge is 2.51. The summed E-state index contributed by atoms with van der Waals surface area (Å²) in [5.41, 5.74) is 9.21. The molecule has 1 aromatic carbocycles. The van der Waals surface area contributed by atoms with Crippen LogP contribution < -0.4 is 10.6 Å². The van der Waals surface area contributed by atoms with Crippen LogP contribution in [0.3, 0.4) is 0 Å². The Labute approximate surface area is 270 Å². The van der Waals surface area contributed by atoms with Gasteiger partial charge in [0.15, 0.2) is 5.82 Å². The van der Waals surface area contributed by atoms with Gasteiger partial charge in [0.25, 0.3) is 0 Å². The number of hydrogen-bond acceptors (Lipinski definition) is 10. The number of aromatic nitrogens is 5. The van der Waals surface area contributed by atoms with Crippen molar-refractivity contribution in [2.75, 3.05) is 49.9 Å². The number of thiazole rings is 1. The number of nitrogens with two attached hydrogens (primary N) is 1. The van der Waals surface area contributed by atoms with Crippen molar-refractivity contribution < 1.29 is 9.18 Å². The lowest BCUT2D eigenvalue weighted by Gasteiger charge is -2.32. The first kappa shape index (κ1) is 29.9. The van der Waals surface area contributed by atoms with E-state index in [1.165, 1.54) is 29.8 Å². The molecule has 3 N–H and O–H groups in total. The minimum absolute atomic E-state index is 0.0615. The highest BCUT2D eigenvalue weighted by Crippen LogP contribution is 2.42. The quantitative estimate of drug-likeness (QED) is 0.275. The van der Waals surface area contributed by atoms with Crippen molar-refractivity contribution in [2.24, 2.45) is 12.5 Å². The molecule has 1 spiro atoms. The Balaban J connectivity index is 0.966. The maximum atomic E-state index is 13.9. The number of aryl methyl sites for hydroxylation is 1.